The molecule has 1 saturated carbocycles. The van der Waals surface area contributed by atoms with Gasteiger partial charge in [0.2, 0.25) is 11.9 Å². The molecule has 0 saturated heterocycles. The zero-order valence-corrected chi connectivity index (χ0v) is 22.6. The van der Waals surface area contributed by atoms with Crippen molar-refractivity contribution >= 4 is 17.7 Å². The summed E-state index contributed by atoms with van der Waals surface area (Å²) in [4.78, 5) is 24.8. The molecule has 1 atom stereocenters. The number of benzene rings is 2. The second-order valence-electron chi connectivity index (χ2n) is 10.9. The van der Waals surface area contributed by atoms with E-state index in [1.54, 1.807) is 6.07 Å². The van der Waals surface area contributed by atoms with E-state index in [4.69, 9.17) is 9.97 Å². The highest BCUT2D eigenvalue weighted by Crippen LogP contribution is 2.30. The average molecular weight is 516 g/mol. The van der Waals surface area contributed by atoms with Crippen LogP contribution in [0.4, 0.5) is 16.2 Å². The van der Waals surface area contributed by atoms with Crippen molar-refractivity contribution in [3.05, 3.63) is 71.2 Å². The molecule has 1 fully saturated rings. The van der Waals surface area contributed by atoms with Gasteiger partial charge in [-0.15, -0.1) is 0 Å². The van der Waals surface area contributed by atoms with Gasteiger partial charge in [-0.2, -0.15) is 4.98 Å². The predicted octanol–water partition coefficient (Wildman–Crippen LogP) is 5.87. The van der Waals surface area contributed by atoms with E-state index in [9.17, 15) is 9.18 Å². The number of carbonyl (C=O) groups excluding carboxylic acids is 1. The lowest BCUT2D eigenvalue weighted by Gasteiger charge is -2.31. The van der Waals surface area contributed by atoms with Crippen molar-refractivity contribution in [2.45, 2.75) is 76.3 Å². The van der Waals surface area contributed by atoms with Crippen LogP contribution in [0.2, 0.25) is 0 Å². The Balaban J connectivity index is 1.16. The molecule has 38 heavy (non-hydrogen) atoms. The molecule has 2 N–H and O–H groups in total. The second-order valence-corrected chi connectivity index (χ2v) is 10.9. The number of rotatable bonds is 7. The minimum absolute atomic E-state index is 0.0538. The van der Waals surface area contributed by atoms with Crippen LogP contribution in [0.5, 0.6) is 0 Å². The summed E-state index contributed by atoms with van der Waals surface area (Å²) in [6.07, 6.45) is 8.12. The second kappa shape index (κ2) is 11.5. The van der Waals surface area contributed by atoms with E-state index in [-0.39, 0.29) is 23.8 Å². The Morgan fingerprint density at radius 2 is 1.68 bits per heavy atom. The molecule has 6 nitrogen and oxygen atoms in total. The number of nitrogens with zero attached hydrogens (tertiary/aromatic N) is 3. The van der Waals surface area contributed by atoms with E-state index >= 15 is 0 Å². The largest absolute Gasteiger partial charge is 0.362 e. The molecule has 0 aliphatic heterocycles. The highest BCUT2D eigenvalue weighted by atomic mass is 19.1. The van der Waals surface area contributed by atoms with Gasteiger partial charge in [-0.1, -0.05) is 42.5 Å². The Morgan fingerprint density at radius 1 is 0.974 bits per heavy atom. The van der Waals surface area contributed by atoms with Gasteiger partial charge in [0.15, 0.2) is 0 Å². The lowest BCUT2D eigenvalue weighted by atomic mass is 9.90. The van der Waals surface area contributed by atoms with Crippen LogP contribution in [0, 0.1) is 5.82 Å². The van der Waals surface area contributed by atoms with Crippen LogP contribution in [0.1, 0.15) is 68.2 Å². The third-order valence-electron chi connectivity index (χ3n) is 7.96. The van der Waals surface area contributed by atoms with Gasteiger partial charge in [-0.25, -0.2) is 9.37 Å². The van der Waals surface area contributed by atoms with Crippen molar-refractivity contribution in [2.75, 3.05) is 24.3 Å². The number of aryl methyl sites for hydroxylation is 1. The molecule has 0 radical (unpaired) electrons. The van der Waals surface area contributed by atoms with E-state index in [0.29, 0.717) is 11.1 Å². The molecule has 3 aromatic rings. The minimum Gasteiger partial charge on any atom is -0.362 e. The number of nitrogens with one attached hydrogen (secondary N) is 2. The quantitative estimate of drug-likeness (QED) is 0.412. The van der Waals surface area contributed by atoms with E-state index in [0.717, 1.165) is 55.9 Å². The number of fused-ring (bicyclic) bond motifs is 1. The van der Waals surface area contributed by atoms with Crippen molar-refractivity contribution in [2.24, 2.45) is 0 Å². The van der Waals surface area contributed by atoms with Crippen LogP contribution in [-0.4, -0.2) is 42.1 Å². The number of hydrogen-bond donors (Lipinski definition) is 2. The topological polar surface area (TPSA) is 70.2 Å². The van der Waals surface area contributed by atoms with E-state index < -0.39 is 5.92 Å². The molecule has 2 aliphatic rings. The molecular formula is C31H38FN5O. The summed E-state index contributed by atoms with van der Waals surface area (Å²) in [6.45, 7) is 1.84. The number of amides is 1. The Morgan fingerprint density at radius 3 is 2.39 bits per heavy atom. The van der Waals surface area contributed by atoms with Crippen LogP contribution >= 0.6 is 0 Å². The van der Waals surface area contributed by atoms with Crippen LogP contribution < -0.4 is 15.5 Å². The Labute approximate surface area is 225 Å². The fourth-order valence-corrected chi connectivity index (χ4v) is 5.70. The first kappa shape index (κ1) is 26.1. The summed E-state index contributed by atoms with van der Waals surface area (Å²) < 4.78 is 14.9. The fourth-order valence-electron chi connectivity index (χ4n) is 5.70. The molecular weight excluding hydrogens is 477 g/mol. The van der Waals surface area contributed by atoms with Crippen molar-refractivity contribution < 1.29 is 9.18 Å². The molecule has 0 bridgehead atoms. The van der Waals surface area contributed by atoms with Gasteiger partial charge >= 0.3 is 0 Å². The van der Waals surface area contributed by atoms with Gasteiger partial charge in [-0.3, -0.25) is 4.79 Å². The monoisotopic (exact) mass is 515 g/mol. The highest BCUT2D eigenvalue weighted by Gasteiger charge is 2.26. The molecule has 200 valence electrons. The summed E-state index contributed by atoms with van der Waals surface area (Å²) in [5, 5.41) is 6.78. The normalized spacial score (nSPS) is 19.8. The maximum Gasteiger partial charge on any atom is 0.227 e. The standard InChI is InChI=1S/C31H38FN5O/c1-20(22-13-18-25(27(32)19-22)21-9-5-4-6-10-21)30(38)33-23-14-16-24(17-15-23)34-31-35-28-12-8-7-11-26(28)29(36-31)37(2)3/h4-6,9-10,13,18-20,23-24H,7-8,11-12,14-17H2,1-3H3,(H,33,38)(H,34,35,36)/t20?,23-,24+. The minimum atomic E-state index is -0.418. The summed E-state index contributed by atoms with van der Waals surface area (Å²) in [6, 6.07) is 15.0. The predicted molar refractivity (Wildman–Crippen MR) is 151 cm³/mol. The summed E-state index contributed by atoms with van der Waals surface area (Å²) in [5.41, 5.74) is 4.55. The van der Waals surface area contributed by atoms with Gasteiger partial charge in [0, 0.05) is 37.3 Å². The maximum absolute atomic E-state index is 14.9. The lowest BCUT2D eigenvalue weighted by Crippen LogP contribution is -2.41. The van der Waals surface area contributed by atoms with Crippen LogP contribution in [-0.2, 0) is 17.6 Å². The highest BCUT2D eigenvalue weighted by molar-refractivity contribution is 5.83. The molecule has 2 aromatic carbocycles. The number of carbonyl (C=O) groups is 1. The third-order valence-corrected chi connectivity index (χ3v) is 7.96. The number of aromatic nitrogens is 2. The Bertz CT molecular complexity index is 1270. The lowest BCUT2D eigenvalue weighted by molar-refractivity contribution is -0.123. The van der Waals surface area contributed by atoms with Crippen LogP contribution in [0.3, 0.4) is 0 Å². The first-order valence-corrected chi connectivity index (χ1v) is 13.9. The van der Waals surface area contributed by atoms with Crippen LogP contribution in [0.25, 0.3) is 11.1 Å². The number of hydrogen-bond acceptors (Lipinski definition) is 5. The molecule has 1 amide bonds. The van der Waals surface area contributed by atoms with Gasteiger partial charge in [-0.05, 0) is 75.5 Å². The molecule has 1 unspecified atom stereocenters. The maximum atomic E-state index is 14.9. The first-order chi connectivity index (χ1) is 18.4. The first-order valence-electron chi connectivity index (χ1n) is 13.9. The van der Waals surface area contributed by atoms with E-state index in [1.807, 2.05) is 57.4 Å². The number of halogens is 1. The van der Waals surface area contributed by atoms with Crippen molar-refractivity contribution in [1.29, 1.82) is 0 Å². The smallest absolute Gasteiger partial charge is 0.227 e. The molecule has 0 spiro atoms. The van der Waals surface area contributed by atoms with Crippen LogP contribution in [0.15, 0.2) is 48.5 Å². The van der Waals surface area contributed by atoms with E-state index in [1.165, 1.54) is 30.2 Å². The summed E-state index contributed by atoms with van der Waals surface area (Å²) in [7, 11) is 4.09. The van der Waals surface area contributed by atoms with Gasteiger partial charge in [0.05, 0.1) is 11.6 Å². The zero-order chi connectivity index (χ0) is 26.6. The summed E-state index contributed by atoms with van der Waals surface area (Å²) >= 11 is 0. The van der Waals surface area contributed by atoms with Gasteiger partial charge in [0.25, 0.3) is 0 Å². The molecule has 2 aliphatic carbocycles. The van der Waals surface area contributed by atoms with Crippen molar-refractivity contribution in [3.8, 4) is 11.1 Å². The van der Waals surface area contributed by atoms with Crippen molar-refractivity contribution in [1.82, 2.24) is 15.3 Å². The van der Waals surface area contributed by atoms with E-state index in [2.05, 4.69) is 15.5 Å². The van der Waals surface area contributed by atoms with Gasteiger partial charge in [0.1, 0.15) is 11.6 Å². The van der Waals surface area contributed by atoms with Gasteiger partial charge < -0.3 is 15.5 Å². The molecule has 5 rings (SSSR count). The third kappa shape index (κ3) is 5.82. The Hall–Kier alpha value is -3.48. The number of anilines is 2. The molecule has 1 heterocycles. The zero-order valence-electron chi connectivity index (χ0n) is 22.6. The SMILES string of the molecule is CC(C(=O)N[C@H]1CC[C@@H](Nc2nc3c(c(N(C)C)n2)CCCC3)CC1)c1ccc(-c2ccccc2)c(F)c1. The Kier molecular flexibility index (Phi) is 7.91. The molecule has 1 aromatic heterocycles. The average Bonchev–Trinajstić information content (AvgIpc) is 2.93. The molecule has 7 heteroatoms. The summed E-state index contributed by atoms with van der Waals surface area (Å²) in [5.74, 6) is 0.971. The fraction of sp³-hybridized carbons (Fsp3) is 0.452. The van der Waals surface area contributed by atoms with Crippen molar-refractivity contribution in [3.63, 3.8) is 0 Å².